The van der Waals surface area contributed by atoms with Crippen molar-refractivity contribution in [3.63, 3.8) is 0 Å². The Morgan fingerprint density at radius 3 is 2.79 bits per heavy atom. The molecule has 3 heterocycles. The summed E-state index contributed by atoms with van der Waals surface area (Å²) in [5, 5.41) is 30.7. The zero-order chi connectivity index (χ0) is 19.1. The first-order valence-corrected chi connectivity index (χ1v) is 10.4. The van der Waals surface area contributed by atoms with E-state index in [9.17, 15) is 5.26 Å². The Kier molecular flexibility index (Phi) is 2.89. The molecule has 2 aliphatic carbocycles. The van der Waals surface area contributed by atoms with Crippen LogP contribution in [0.4, 0.5) is 5.69 Å². The molecule has 2 fully saturated rings. The topological polar surface area (TPSA) is 93.2 Å². The second-order valence-electron chi connectivity index (χ2n) is 8.93. The summed E-state index contributed by atoms with van der Waals surface area (Å²) in [6.07, 6.45) is 7.76. The van der Waals surface area contributed by atoms with Crippen molar-refractivity contribution < 1.29 is 0 Å². The third kappa shape index (κ3) is 1.95. The molecule has 1 aliphatic heterocycles. The molecule has 2 saturated carbocycles. The number of nitrogens with zero attached hydrogens (tertiary/aromatic N) is 3. The number of H-pyrrole nitrogens is 2. The maximum atomic E-state index is 9.90. The zero-order valence-corrected chi connectivity index (χ0v) is 15.8. The number of hydrogen-bond acceptors (Lipinski definition) is 4. The molecule has 4 aromatic rings. The molecule has 142 valence electrons. The number of nitriles is 1. The smallest absolute Gasteiger partial charge is 0.101 e. The first-order chi connectivity index (χ1) is 14.3. The van der Waals surface area contributed by atoms with E-state index in [0.29, 0.717) is 23.3 Å². The van der Waals surface area contributed by atoms with Crippen LogP contribution in [0.25, 0.3) is 21.8 Å². The molecule has 2 unspecified atom stereocenters. The Labute approximate surface area is 167 Å². The Bertz CT molecular complexity index is 1320. The first-order valence-electron chi connectivity index (χ1n) is 10.4. The highest BCUT2D eigenvalue weighted by molar-refractivity contribution is 5.92. The van der Waals surface area contributed by atoms with Crippen molar-refractivity contribution in [2.75, 3.05) is 5.32 Å². The van der Waals surface area contributed by atoms with Crippen LogP contribution in [-0.2, 0) is 0 Å². The molecule has 2 aromatic carbocycles. The first kappa shape index (κ1) is 15.6. The maximum absolute atomic E-state index is 9.90. The molecule has 0 amide bonds. The molecule has 0 saturated heterocycles. The van der Waals surface area contributed by atoms with E-state index in [1.165, 1.54) is 35.8 Å². The number of rotatable bonds is 1. The van der Waals surface area contributed by atoms with Gasteiger partial charge in [0.2, 0.25) is 0 Å². The molecule has 5 atom stereocenters. The van der Waals surface area contributed by atoms with Gasteiger partial charge in [0, 0.05) is 10.8 Å². The van der Waals surface area contributed by atoms with Gasteiger partial charge in [-0.1, -0.05) is 6.07 Å². The Morgan fingerprint density at radius 2 is 1.86 bits per heavy atom. The van der Waals surface area contributed by atoms with Gasteiger partial charge in [0.1, 0.15) is 6.07 Å². The average molecular weight is 380 g/mol. The molecular weight excluding hydrogens is 360 g/mol. The van der Waals surface area contributed by atoms with E-state index >= 15 is 0 Å². The molecule has 29 heavy (non-hydrogen) atoms. The van der Waals surface area contributed by atoms with E-state index in [4.69, 9.17) is 0 Å². The quantitative estimate of drug-likeness (QED) is 0.450. The third-order valence-electron chi connectivity index (χ3n) is 7.73. The lowest BCUT2D eigenvalue weighted by Gasteiger charge is -2.44. The number of benzene rings is 2. The van der Waals surface area contributed by atoms with Crippen LogP contribution in [-0.4, -0.2) is 20.4 Å². The summed E-state index contributed by atoms with van der Waals surface area (Å²) < 4.78 is 0. The van der Waals surface area contributed by atoms with Crippen LogP contribution in [0, 0.1) is 29.1 Å². The molecule has 7 rings (SSSR count). The molecule has 2 bridgehead atoms. The van der Waals surface area contributed by atoms with Crippen LogP contribution in [0.3, 0.4) is 0 Å². The van der Waals surface area contributed by atoms with Gasteiger partial charge in [-0.25, -0.2) is 0 Å². The molecule has 0 spiro atoms. The lowest BCUT2D eigenvalue weighted by atomic mass is 9.67. The number of aromatic nitrogens is 4. The van der Waals surface area contributed by atoms with E-state index < -0.39 is 0 Å². The van der Waals surface area contributed by atoms with Crippen molar-refractivity contribution in [3.8, 4) is 6.07 Å². The summed E-state index contributed by atoms with van der Waals surface area (Å²) in [5.41, 5.74) is 6.39. The molecule has 0 radical (unpaired) electrons. The minimum Gasteiger partial charge on any atom is -0.377 e. The minimum atomic E-state index is 0.221. The average Bonchev–Trinajstić information content (AvgIpc) is 3.55. The highest BCUT2D eigenvalue weighted by Gasteiger charge is 2.54. The summed E-state index contributed by atoms with van der Waals surface area (Å²) in [4.78, 5) is 0. The number of aromatic amines is 2. The summed E-state index contributed by atoms with van der Waals surface area (Å²) in [7, 11) is 0. The minimum absolute atomic E-state index is 0.221. The van der Waals surface area contributed by atoms with Crippen LogP contribution in [0.2, 0.25) is 0 Å². The van der Waals surface area contributed by atoms with Gasteiger partial charge >= 0.3 is 0 Å². The zero-order valence-electron chi connectivity index (χ0n) is 15.8. The van der Waals surface area contributed by atoms with Gasteiger partial charge in [-0.2, -0.15) is 15.5 Å². The van der Waals surface area contributed by atoms with Crippen LogP contribution in [0.1, 0.15) is 47.9 Å². The van der Waals surface area contributed by atoms with Gasteiger partial charge in [-0.15, -0.1) is 0 Å². The SMILES string of the molecule is N#Cc1cc2[nH]ncc2c2c1N[C@@H](c1ccc3[nH]ncc3c1)[C@@H]1C3CCC(C3)[C@H]21. The van der Waals surface area contributed by atoms with Crippen molar-refractivity contribution in [1.82, 2.24) is 20.4 Å². The standard InChI is InChI=1S/C23H20N6/c24-8-14-7-18-16(10-26-29-18)21-19-11-1-2-12(5-11)20(19)22(27-23(14)21)13-3-4-17-15(6-13)9-25-28-17/h3-4,6-7,9-12,19-20,22,27H,1-2,5H2,(H,25,28)(H,26,29)/t11?,12?,19-,20+,22-/m0/s1. The maximum Gasteiger partial charge on any atom is 0.101 e. The second kappa shape index (κ2) is 5.38. The van der Waals surface area contributed by atoms with Gasteiger partial charge in [0.25, 0.3) is 0 Å². The van der Waals surface area contributed by atoms with Crippen molar-refractivity contribution in [3.05, 3.63) is 53.3 Å². The largest absolute Gasteiger partial charge is 0.377 e. The molecule has 3 N–H and O–H groups in total. The fourth-order valence-electron chi connectivity index (χ4n) is 6.66. The Balaban J connectivity index is 1.48. The van der Waals surface area contributed by atoms with Crippen LogP contribution in [0.15, 0.2) is 36.7 Å². The van der Waals surface area contributed by atoms with E-state index in [-0.39, 0.29) is 6.04 Å². The van der Waals surface area contributed by atoms with Gasteiger partial charge in [-0.05, 0) is 72.3 Å². The lowest BCUT2D eigenvalue weighted by molar-refractivity contribution is 0.249. The number of nitrogens with one attached hydrogen (secondary N) is 3. The number of anilines is 1. The summed E-state index contributed by atoms with van der Waals surface area (Å²) in [5.74, 6) is 2.49. The number of hydrogen-bond donors (Lipinski definition) is 3. The fourth-order valence-corrected chi connectivity index (χ4v) is 6.66. The summed E-state index contributed by atoms with van der Waals surface area (Å²) >= 11 is 0. The Morgan fingerprint density at radius 1 is 1.00 bits per heavy atom. The fraction of sp³-hybridized carbons (Fsp3) is 0.348. The van der Waals surface area contributed by atoms with Crippen LogP contribution >= 0.6 is 0 Å². The molecule has 3 aliphatic rings. The summed E-state index contributed by atoms with van der Waals surface area (Å²) in [6, 6.07) is 11.2. The van der Waals surface area contributed by atoms with E-state index in [1.54, 1.807) is 0 Å². The molecule has 6 nitrogen and oxygen atoms in total. The van der Waals surface area contributed by atoms with E-state index in [0.717, 1.165) is 28.0 Å². The lowest BCUT2D eigenvalue weighted by Crippen LogP contribution is -2.36. The normalized spacial score (nSPS) is 29.6. The predicted octanol–water partition coefficient (Wildman–Crippen LogP) is 4.61. The molecule has 6 heteroatoms. The van der Waals surface area contributed by atoms with Gasteiger partial charge < -0.3 is 5.32 Å². The number of fused-ring (bicyclic) bond motifs is 10. The Hall–Kier alpha value is -3.33. The molecule has 2 aromatic heterocycles. The monoisotopic (exact) mass is 380 g/mol. The second-order valence-corrected chi connectivity index (χ2v) is 8.93. The molecular formula is C23H20N6. The third-order valence-corrected chi connectivity index (χ3v) is 7.73. The van der Waals surface area contributed by atoms with E-state index in [2.05, 4.69) is 50.0 Å². The van der Waals surface area contributed by atoms with E-state index in [1.807, 2.05) is 18.5 Å². The van der Waals surface area contributed by atoms with Gasteiger partial charge in [0.05, 0.1) is 40.7 Å². The highest BCUT2D eigenvalue weighted by Crippen LogP contribution is 2.65. The van der Waals surface area contributed by atoms with Crippen molar-refractivity contribution in [2.24, 2.45) is 17.8 Å². The van der Waals surface area contributed by atoms with Gasteiger partial charge in [0.15, 0.2) is 0 Å². The predicted molar refractivity (Wildman–Crippen MR) is 110 cm³/mol. The van der Waals surface area contributed by atoms with Gasteiger partial charge in [-0.3, -0.25) is 10.2 Å². The van der Waals surface area contributed by atoms with Crippen LogP contribution in [0.5, 0.6) is 0 Å². The van der Waals surface area contributed by atoms with Crippen LogP contribution < -0.4 is 5.32 Å². The van der Waals surface area contributed by atoms with Crippen molar-refractivity contribution >= 4 is 27.5 Å². The summed E-state index contributed by atoms with van der Waals surface area (Å²) in [6.45, 7) is 0. The van der Waals surface area contributed by atoms with Crippen molar-refractivity contribution in [2.45, 2.75) is 31.2 Å². The van der Waals surface area contributed by atoms with Crippen molar-refractivity contribution in [1.29, 1.82) is 5.26 Å². The highest BCUT2D eigenvalue weighted by atomic mass is 15.1.